The molecule has 5 aliphatic rings. The molecule has 4 amide bonds. The zero-order valence-electron chi connectivity index (χ0n) is 31.1. The third kappa shape index (κ3) is 8.57. The molecule has 1 aromatic heterocycles. The van der Waals surface area contributed by atoms with E-state index in [4.69, 9.17) is 4.98 Å². The number of thioether (sulfide) groups is 1. The quantitative estimate of drug-likeness (QED) is 0.0990. The number of halogens is 1. The van der Waals surface area contributed by atoms with Crippen molar-refractivity contribution in [3.05, 3.63) is 46.2 Å². The fourth-order valence-electron chi connectivity index (χ4n) is 7.85. The van der Waals surface area contributed by atoms with Gasteiger partial charge in [0.05, 0.1) is 22.4 Å². The van der Waals surface area contributed by atoms with Crippen molar-refractivity contribution >= 4 is 60.0 Å². The minimum absolute atomic E-state index is 0.0445. The Morgan fingerprint density at radius 2 is 1.74 bits per heavy atom. The van der Waals surface area contributed by atoms with Gasteiger partial charge in [-0.25, -0.2) is 14.4 Å². The van der Waals surface area contributed by atoms with E-state index in [2.05, 4.69) is 42.0 Å². The molecule has 1 aromatic rings. The molecule has 0 radical (unpaired) electrons. The maximum atomic E-state index is 15.4. The summed E-state index contributed by atoms with van der Waals surface area (Å²) in [5, 5.41) is 5.47. The minimum Gasteiger partial charge on any atom is -0.366 e. The van der Waals surface area contributed by atoms with Crippen LogP contribution in [-0.2, 0) is 24.0 Å². The minimum atomic E-state index is -1.05. The van der Waals surface area contributed by atoms with Gasteiger partial charge < -0.3 is 15.1 Å². The average Bonchev–Trinajstić information content (AvgIpc) is 3.35. The van der Waals surface area contributed by atoms with Crippen LogP contribution in [0.25, 0.3) is 0 Å². The van der Waals surface area contributed by atoms with E-state index in [1.807, 2.05) is 17.9 Å². The van der Waals surface area contributed by atoms with Crippen molar-refractivity contribution in [2.45, 2.75) is 71.0 Å². The number of piperidine rings is 2. The van der Waals surface area contributed by atoms with Crippen LogP contribution in [0.3, 0.4) is 0 Å². The van der Waals surface area contributed by atoms with Gasteiger partial charge in [-0.15, -0.1) is 0 Å². The Bertz CT molecular complexity index is 1750. The first kappa shape index (κ1) is 39.2. The van der Waals surface area contributed by atoms with Gasteiger partial charge in [0.2, 0.25) is 17.7 Å². The lowest BCUT2D eigenvalue weighted by atomic mass is 9.98. The Morgan fingerprint density at radius 1 is 1.06 bits per heavy atom. The van der Waals surface area contributed by atoms with Gasteiger partial charge in [0.25, 0.3) is 5.91 Å². The maximum absolute atomic E-state index is 15.4. The monoisotopic (exact) mass is 764 g/mol. The number of anilines is 2. The zero-order chi connectivity index (χ0) is 38.5. The van der Waals surface area contributed by atoms with Crippen LogP contribution >= 0.6 is 11.8 Å². The van der Waals surface area contributed by atoms with Gasteiger partial charge in [-0.05, 0) is 52.3 Å². The lowest BCUT2D eigenvalue weighted by Gasteiger charge is -2.51. The highest BCUT2D eigenvalue weighted by Crippen LogP contribution is 2.34. The second kappa shape index (κ2) is 17.3. The van der Waals surface area contributed by atoms with Gasteiger partial charge in [0.15, 0.2) is 6.29 Å². The summed E-state index contributed by atoms with van der Waals surface area (Å²) < 4.78 is 15.4. The lowest BCUT2D eigenvalue weighted by molar-refractivity contribution is -0.150. The van der Waals surface area contributed by atoms with Crippen LogP contribution in [0, 0.1) is 12.8 Å². The number of rotatable bonds is 13. The van der Waals surface area contributed by atoms with E-state index in [-0.39, 0.29) is 36.7 Å². The number of carbonyl (C=O) groups excluding carboxylic acids is 5. The number of aliphatic imine (C=N–C) groups is 1. The molecular weight excluding hydrogens is 716 g/mol. The van der Waals surface area contributed by atoms with Gasteiger partial charge in [-0.1, -0.05) is 18.7 Å². The summed E-state index contributed by atoms with van der Waals surface area (Å²) in [4.78, 5) is 85.5. The molecule has 0 saturated carbocycles. The SMILES string of the molecule is C=N/C=C(/C=O)SCNc1cc(N2CCC(N3CCN(C4CN(C(/C=C5/C(=O)N(C6CCC(=O)NC6=O)C(=O)C5C)=C(\F)CC)C4)CC3)CC2)nc(C)n1. The number of nitrogens with one attached hydrogen (secondary N) is 2. The van der Waals surface area contributed by atoms with Gasteiger partial charge in [0, 0.05) is 88.7 Å². The van der Waals surface area contributed by atoms with E-state index in [0.717, 1.165) is 69.1 Å². The van der Waals surface area contributed by atoms with Crippen molar-refractivity contribution in [2.24, 2.45) is 10.9 Å². The molecule has 0 bridgehead atoms. The van der Waals surface area contributed by atoms with E-state index in [1.165, 1.54) is 24.0 Å². The molecule has 54 heavy (non-hydrogen) atoms. The van der Waals surface area contributed by atoms with Crippen LogP contribution in [0.4, 0.5) is 16.0 Å². The van der Waals surface area contributed by atoms with Crippen LogP contribution in [0.1, 0.15) is 51.8 Å². The summed E-state index contributed by atoms with van der Waals surface area (Å²) >= 11 is 1.33. The Hall–Kier alpha value is -4.48. The molecule has 290 valence electrons. The zero-order valence-corrected chi connectivity index (χ0v) is 31.9. The number of aromatic nitrogens is 2. The Balaban J connectivity index is 0.984. The number of imide groups is 2. The second-order valence-corrected chi connectivity index (χ2v) is 15.3. The van der Waals surface area contributed by atoms with Crippen LogP contribution in [-0.4, -0.2) is 143 Å². The van der Waals surface area contributed by atoms with Gasteiger partial charge in [-0.2, -0.15) is 0 Å². The van der Waals surface area contributed by atoms with Crippen LogP contribution in [0.15, 0.2) is 45.3 Å². The summed E-state index contributed by atoms with van der Waals surface area (Å²) in [5.41, 5.74) is 0.482. The first-order chi connectivity index (χ1) is 26.0. The molecule has 0 aliphatic carbocycles. The summed E-state index contributed by atoms with van der Waals surface area (Å²) in [7, 11) is 0. The Kier molecular flexibility index (Phi) is 12.6. The van der Waals surface area contributed by atoms with Gasteiger partial charge in [-0.3, -0.25) is 49.0 Å². The van der Waals surface area contributed by atoms with E-state index < -0.39 is 35.6 Å². The highest BCUT2D eigenvalue weighted by molar-refractivity contribution is 8.03. The normalized spacial score (nSPS) is 25.2. The molecule has 0 spiro atoms. The third-order valence-electron chi connectivity index (χ3n) is 11.0. The van der Waals surface area contributed by atoms with Gasteiger partial charge >= 0.3 is 0 Å². The molecule has 5 fully saturated rings. The molecular formula is C37H49FN10O5S. The largest absolute Gasteiger partial charge is 0.366 e. The van der Waals surface area contributed by atoms with Crippen molar-refractivity contribution in [3.63, 3.8) is 0 Å². The number of nitrogens with zero attached hydrogens (tertiary/aromatic N) is 8. The predicted molar refractivity (Wildman–Crippen MR) is 204 cm³/mol. The summed E-state index contributed by atoms with van der Waals surface area (Å²) in [6.07, 6.45) is 6.01. The molecule has 17 heteroatoms. The van der Waals surface area contributed by atoms with Crippen molar-refractivity contribution < 1.29 is 28.4 Å². The number of aldehydes is 1. The van der Waals surface area contributed by atoms with Crippen LogP contribution in [0.5, 0.6) is 0 Å². The van der Waals surface area contributed by atoms with Crippen molar-refractivity contribution in [2.75, 3.05) is 68.5 Å². The lowest BCUT2D eigenvalue weighted by Crippen LogP contribution is -2.63. The van der Waals surface area contributed by atoms with E-state index >= 15 is 4.39 Å². The molecule has 0 aromatic carbocycles. The smallest absolute Gasteiger partial charge is 0.258 e. The number of hydrogen-bond acceptors (Lipinski definition) is 14. The standard InChI is InChI=1S/C37H49FN10O5S/c1-5-29(38)31(16-28-23(2)36(52)48(37(28)53)30-6-7-34(50)43-35(30)51)47-19-26(20-47)45-14-12-44(13-15-45)25-8-10-46(11-9-25)33-17-32(41-24(3)42-33)40-22-54-27(21-49)18-39-4/h16-18,21,23,25-26,30H,4-15,19-20,22H2,1-3H3,(H,40,41,42)(H,43,50,51)/b27-18-,28-16+,31-29-. The first-order valence-corrected chi connectivity index (χ1v) is 19.6. The van der Waals surface area contributed by atoms with Crippen molar-refractivity contribution in [1.82, 2.24) is 34.9 Å². The van der Waals surface area contributed by atoms with Crippen LogP contribution in [0.2, 0.25) is 0 Å². The fourth-order valence-corrected chi connectivity index (χ4v) is 8.45. The number of hydrogen-bond donors (Lipinski definition) is 2. The molecule has 2 unspecified atom stereocenters. The molecule has 6 rings (SSSR count). The number of likely N-dealkylation sites (tertiary alicyclic amines) is 2. The average molecular weight is 765 g/mol. The number of amides is 4. The van der Waals surface area contributed by atoms with E-state index in [1.54, 1.807) is 13.8 Å². The highest BCUT2D eigenvalue weighted by atomic mass is 32.2. The van der Waals surface area contributed by atoms with E-state index in [0.29, 0.717) is 47.3 Å². The van der Waals surface area contributed by atoms with Crippen LogP contribution < -0.4 is 15.5 Å². The molecule has 5 saturated heterocycles. The molecule has 2 atom stereocenters. The summed E-state index contributed by atoms with van der Waals surface area (Å²) in [6.45, 7) is 15.4. The third-order valence-corrected chi connectivity index (χ3v) is 11.8. The Morgan fingerprint density at radius 3 is 2.37 bits per heavy atom. The highest BCUT2D eigenvalue weighted by Gasteiger charge is 2.48. The second-order valence-electron chi connectivity index (χ2n) is 14.3. The molecule has 2 N–H and O–H groups in total. The van der Waals surface area contributed by atoms with Crippen molar-refractivity contribution in [3.8, 4) is 0 Å². The molecule has 15 nitrogen and oxygen atoms in total. The van der Waals surface area contributed by atoms with Gasteiger partial charge in [0.1, 0.15) is 29.3 Å². The predicted octanol–water partition coefficient (Wildman–Crippen LogP) is 2.23. The maximum Gasteiger partial charge on any atom is 0.258 e. The summed E-state index contributed by atoms with van der Waals surface area (Å²) in [5.74, 6) is -0.642. The number of carbonyl (C=O) groups is 5. The van der Waals surface area contributed by atoms with Crippen molar-refractivity contribution in [1.29, 1.82) is 0 Å². The number of piperazine rings is 1. The number of aryl methyl sites for hydroxylation is 1. The molecule has 6 heterocycles. The topological polar surface area (TPSA) is 164 Å². The summed E-state index contributed by atoms with van der Waals surface area (Å²) in [6, 6.07) is 1.65. The first-order valence-electron chi connectivity index (χ1n) is 18.6. The van der Waals surface area contributed by atoms with E-state index in [9.17, 15) is 24.0 Å². The molecule has 5 aliphatic heterocycles. The fraction of sp³-hybridized carbons (Fsp3) is 0.568. The Labute approximate surface area is 319 Å². The number of allylic oxidation sites excluding steroid dienone is 3.